The van der Waals surface area contributed by atoms with Gasteiger partial charge < -0.3 is 8.83 Å². The number of benzene rings is 16. The fraction of sp³-hybridized carbons (Fsp3) is 0.0303. The number of rotatable bonds is 11. The zero-order valence-electron chi connectivity index (χ0n) is 59.4. The number of fused-ring (bicyclic) bond motifs is 13. The summed E-state index contributed by atoms with van der Waals surface area (Å²) in [6.45, 7) is 4.60. The van der Waals surface area contributed by atoms with Gasteiger partial charge in [-0.05, 0) is 143 Å². The van der Waals surface area contributed by atoms with Crippen LogP contribution in [0.1, 0.15) is 25.0 Å². The maximum Gasteiger partial charge on any atom is 0.227 e. The highest BCUT2D eigenvalue weighted by Gasteiger charge is 2.36. The Morgan fingerprint density at radius 2 is 0.486 bits per heavy atom. The second kappa shape index (κ2) is 26.6. The Kier molecular flexibility index (Phi) is 15.6. The molecule has 0 spiro atoms. The number of oxazole rings is 2. The molecule has 16 aromatic carbocycles. The molecular formula is C99H64N8O2. The van der Waals surface area contributed by atoms with E-state index in [9.17, 15) is 0 Å². The predicted octanol–water partition coefficient (Wildman–Crippen LogP) is 25.3. The topological polar surface area (TPSA) is 129 Å². The Hall–Kier alpha value is -14.5. The lowest BCUT2D eigenvalue weighted by Crippen LogP contribution is -2.15. The van der Waals surface area contributed by atoms with Crippen molar-refractivity contribution in [1.82, 2.24) is 39.9 Å². The van der Waals surface area contributed by atoms with Crippen LogP contribution in [0.25, 0.3) is 201 Å². The first-order valence-corrected chi connectivity index (χ1v) is 36.6. The summed E-state index contributed by atoms with van der Waals surface area (Å²) in [6.07, 6.45) is 0. The van der Waals surface area contributed by atoms with Gasteiger partial charge in [0.05, 0.1) is 0 Å². The number of hydrogen-bond acceptors (Lipinski definition) is 10. The van der Waals surface area contributed by atoms with Crippen LogP contribution < -0.4 is 0 Å². The lowest BCUT2D eigenvalue weighted by atomic mass is 9.82. The highest BCUT2D eigenvalue weighted by atomic mass is 16.4. The first-order chi connectivity index (χ1) is 53.7. The van der Waals surface area contributed by atoms with Gasteiger partial charge >= 0.3 is 0 Å². The second-order valence-corrected chi connectivity index (χ2v) is 28.2. The van der Waals surface area contributed by atoms with Crippen molar-refractivity contribution in [3.63, 3.8) is 0 Å². The molecule has 109 heavy (non-hydrogen) atoms. The second-order valence-electron chi connectivity index (χ2n) is 28.2. The molecule has 1 aliphatic carbocycles. The van der Waals surface area contributed by atoms with E-state index in [1.807, 2.05) is 91.0 Å². The van der Waals surface area contributed by atoms with E-state index in [2.05, 4.69) is 275 Å². The molecule has 10 heteroatoms. The van der Waals surface area contributed by atoms with Gasteiger partial charge in [0, 0.05) is 60.7 Å². The summed E-state index contributed by atoms with van der Waals surface area (Å²) in [4.78, 5) is 40.5. The summed E-state index contributed by atoms with van der Waals surface area (Å²) in [5, 5.41) is 8.47. The van der Waals surface area contributed by atoms with E-state index in [1.165, 1.54) is 22.3 Å². The normalized spacial score (nSPS) is 12.2. The summed E-state index contributed by atoms with van der Waals surface area (Å²) in [6, 6.07) is 122. The van der Waals surface area contributed by atoms with Crippen molar-refractivity contribution in [1.29, 1.82) is 0 Å². The van der Waals surface area contributed by atoms with Crippen LogP contribution in [0.5, 0.6) is 0 Å². The van der Waals surface area contributed by atoms with Crippen LogP contribution in [-0.4, -0.2) is 39.9 Å². The smallest absolute Gasteiger partial charge is 0.227 e. The minimum absolute atomic E-state index is 0.153. The fourth-order valence-corrected chi connectivity index (χ4v) is 15.4. The Bertz CT molecular complexity index is 6790. The molecule has 0 atom stereocenters. The zero-order valence-corrected chi connectivity index (χ0v) is 59.4. The van der Waals surface area contributed by atoms with Crippen molar-refractivity contribution in [2.75, 3.05) is 0 Å². The average Bonchev–Trinajstić information content (AvgIpc) is 1.66. The van der Waals surface area contributed by atoms with Crippen LogP contribution in [0, 0.1) is 0 Å². The Morgan fingerprint density at radius 3 is 0.881 bits per heavy atom. The standard InChI is InChI=1S/C51H34N4O.C48H30N4O/c1-51(2)42-16-10-9-15-39(42)40-27-25-38(30-43(40)51)49-54-47(35-22-17-32(18-23-35)31-11-5-3-6-12-31)53-48(55-49)37-24-20-33-19-21-34-26-28-44-46(45(34)41(33)29-37)56-50(52-44)36-13-7-4-8-14-36;1-4-10-31(11-5-1)33-16-23-37(24-17-33)45-50-46(38-25-18-34(19-26-38)32-12-6-2-7-13-32)52-47(51-45)40-27-21-35-20-22-36-28-29-42-44(43(36)41(35)30-40)53-48(49-42)39-14-8-3-9-15-39/h3-30H,1-2H3;1-30H. The first kappa shape index (κ1) is 64.1. The molecule has 20 aromatic rings. The zero-order chi connectivity index (χ0) is 72.5. The molecule has 0 amide bonds. The molecule has 0 fully saturated rings. The molecule has 0 saturated heterocycles. The molecule has 0 saturated carbocycles. The van der Waals surface area contributed by atoms with E-state index in [-0.39, 0.29) is 5.41 Å². The first-order valence-electron chi connectivity index (χ1n) is 36.6. The third kappa shape index (κ3) is 11.8. The van der Waals surface area contributed by atoms with Gasteiger partial charge in [0.15, 0.2) is 46.1 Å². The number of aromatic nitrogens is 8. The van der Waals surface area contributed by atoms with Gasteiger partial charge in [-0.3, -0.25) is 0 Å². The van der Waals surface area contributed by atoms with Crippen LogP contribution in [0.4, 0.5) is 0 Å². The van der Waals surface area contributed by atoms with Gasteiger partial charge in [-0.25, -0.2) is 39.9 Å². The molecule has 0 bridgehead atoms. The lowest BCUT2D eigenvalue weighted by Gasteiger charge is -2.21. The van der Waals surface area contributed by atoms with Crippen molar-refractivity contribution in [2.24, 2.45) is 0 Å². The molecule has 21 rings (SSSR count). The quantitative estimate of drug-likeness (QED) is 0.115. The lowest BCUT2D eigenvalue weighted by molar-refractivity contribution is 0.623. The van der Waals surface area contributed by atoms with Crippen molar-refractivity contribution in [3.8, 4) is 136 Å². The monoisotopic (exact) mass is 1400 g/mol. The number of hydrogen-bond donors (Lipinski definition) is 0. The Balaban J connectivity index is 0.000000143. The van der Waals surface area contributed by atoms with E-state index >= 15 is 0 Å². The molecule has 0 N–H and O–H groups in total. The third-order valence-corrected chi connectivity index (χ3v) is 21.1. The molecule has 0 unspecified atom stereocenters. The van der Waals surface area contributed by atoms with E-state index in [1.54, 1.807) is 0 Å². The van der Waals surface area contributed by atoms with Gasteiger partial charge in [-0.1, -0.05) is 311 Å². The molecule has 512 valence electrons. The van der Waals surface area contributed by atoms with Crippen molar-refractivity contribution in [3.05, 3.63) is 363 Å². The molecule has 10 nitrogen and oxygen atoms in total. The van der Waals surface area contributed by atoms with E-state index < -0.39 is 0 Å². The highest BCUT2D eigenvalue weighted by molar-refractivity contribution is 6.20. The fourth-order valence-electron chi connectivity index (χ4n) is 15.4. The van der Waals surface area contributed by atoms with Crippen molar-refractivity contribution < 1.29 is 8.83 Å². The molecular weight excluding hydrogens is 1330 g/mol. The van der Waals surface area contributed by atoms with E-state index in [0.717, 1.165) is 143 Å². The predicted molar refractivity (Wildman–Crippen MR) is 442 cm³/mol. The van der Waals surface area contributed by atoms with Gasteiger partial charge in [-0.2, -0.15) is 0 Å². The molecule has 4 aromatic heterocycles. The van der Waals surface area contributed by atoms with E-state index in [4.69, 9.17) is 48.7 Å². The third-order valence-electron chi connectivity index (χ3n) is 21.1. The summed E-state index contributed by atoms with van der Waals surface area (Å²) in [5.41, 5.74) is 22.4. The SMILES string of the molecule is CC1(C)c2ccccc2-c2ccc(-c3nc(-c4ccc(-c5ccccc5)cc4)nc(-c4ccc5ccc6ccc7nc(-c8ccccc8)oc7c6c5c4)n3)cc21.c1ccc(-c2ccc(-c3nc(-c4ccc(-c5ccccc5)cc4)nc(-c4ccc5ccc6ccc7nc(-c8ccccc8)oc7c6c5c4)n3)cc2)cc1. The molecule has 0 radical (unpaired) electrons. The van der Waals surface area contributed by atoms with E-state index in [0.29, 0.717) is 46.7 Å². The van der Waals surface area contributed by atoms with Crippen LogP contribution in [-0.2, 0) is 5.41 Å². The largest absolute Gasteiger partial charge is 0.435 e. The van der Waals surface area contributed by atoms with Crippen LogP contribution >= 0.6 is 0 Å². The average molecular weight is 1400 g/mol. The van der Waals surface area contributed by atoms with Crippen LogP contribution in [0.3, 0.4) is 0 Å². The maximum absolute atomic E-state index is 6.54. The summed E-state index contributed by atoms with van der Waals surface area (Å²) in [7, 11) is 0. The maximum atomic E-state index is 6.54. The summed E-state index contributed by atoms with van der Waals surface area (Å²) >= 11 is 0. The minimum Gasteiger partial charge on any atom is -0.435 e. The number of nitrogens with zero attached hydrogens (tertiary/aromatic N) is 8. The molecule has 4 heterocycles. The van der Waals surface area contributed by atoms with Crippen molar-refractivity contribution >= 4 is 65.3 Å². The van der Waals surface area contributed by atoms with Gasteiger partial charge in [0.2, 0.25) is 11.8 Å². The van der Waals surface area contributed by atoms with Gasteiger partial charge in [0.1, 0.15) is 11.0 Å². The Morgan fingerprint density at radius 1 is 0.211 bits per heavy atom. The minimum atomic E-state index is -0.153. The van der Waals surface area contributed by atoms with Crippen molar-refractivity contribution in [2.45, 2.75) is 19.3 Å². The summed E-state index contributed by atoms with van der Waals surface area (Å²) in [5.74, 6) is 4.88. The van der Waals surface area contributed by atoms with Crippen LogP contribution in [0.15, 0.2) is 361 Å². The van der Waals surface area contributed by atoms with Crippen LogP contribution in [0.2, 0.25) is 0 Å². The molecule has 0 aliphatic heterocycles. The molecule has 1 aliphatic rings. The van der Waals surface area contributed by atoms with Gasteiger partial charge in [-0.15, -0.1) is 0 Å². The highest BCUT2D eigenvalue weighted by Crippen LogP contribution is 2.50. The Labute approximate surface area is 628 Å². The van der Waals surface area contributed by atoms with Gasteiger partial charge in [0.25, 0.3) is 0 Å². The summed E-state index contributed by atoms with van der Waals surface area (Å²) < 4.78 is 13.0.